The Kier molecular flexibility index (Phi) is 5.95. The number of aliphatic hydroxyl groups is 2. The van der Waals surface area contributed by atoms with Gasteiger partial charge >= 0.3 is 5.97 Å². The molecular weight excluding hydrogens is 246 g/mol. The third-order valence-corrected chi connectivity index (χ3v) is 3.07. The number of nitrogens with one attached hydrogen (secondary N) is 1. The van der Waals surface area contributed by atoms with E-state index in [1.807, 2.05) is 30.3 Å². The van der Waals surface area contributed by atoms with Crippen LogP contribution in [-0.2, 0) is 9.53 Å². The minimum Gasteiger partial charge on any atom is -0.468 e. The van der Waals surface area contributed by atoms with Crippen LogP contribution in [0.15, 0.2) is 30.3 Å². The molecule has 0 aromatic heterocycles. The Labute approximate surface area is 113 Å². The molecule has 0 aliphatic carbocycles. The lowest BCUT2D eigenvalue weighted by Crippen LogP contribution is -2.41. The summed E-state index contributed by atoms with van der Waals surface area (Å²) in [6.45, 7) is 1.70. The van der Waals surface area contributed by atoms with Gasteiger partial charge in [0.25, 0.3) is 0 Å². The van der Waals surface area contributed by atoms with Gasteiger partial charge in [0.1, 0.15) is 6.04 Å². The number of methoxy groups -OCH3 is 1. The second-order valence-electron chi connectivity index (χ2n) is 4.87. The Morgan fingerprint density at radius 3 is 2.37 bits per heavy atom. The first-order chi connectivity index (χ1) is 9.06. The van der Waals surface area contributed by atoms with Crippen LogP contribution in [0.5, 0.6) is 0 Å². The Morgan fingerprint density at radius 2 is 1.89 bits per heavy atom. The fourth-order valence-electron chi connectivity index (χ4n) is 1.61. The SMILES string of the molecule is COC(=O)C(NCC(C)(CO)CO)c1ccccc1. The van der Waals surface area contributed by atoms with Crippen molar-refractivity contribution in [2.75, 3.05) is 26.9 Å². The lowest BCUT2D eigenvalue weighted by atomic mass is 9.92. The predicted molar refractivity (Wildman–Crippen MR) is 71.5 cm³/mol. The molecule has 0 heterocycles. The largest absolute Gasteiger partial charge is 0.468 e. The number of aliphatic hydroxyl groups excluding tert-OH is 2. The number of esters is 1. The molecule has 0 saturated heterocycles. The van der Waals surface area contributed by atoms with Crippen LogP contribution in [0.3, 0.4) is 0 Å². The maximum atomic E-state index is 11.8. The van der Waals surface area contributed by atoms with Gasteiger partial charge in [0.15, 0.2) is 0 Å². The molecule has 0 amide bonds. The fourth-order valence-corrected chi connectivity index (χ4v) is 1.61. The Balaban J connectivity index is 2.80. The minimum absolute atomic E-state index is 0.167. The van der Waals surface area contributed by atoms with Crippen LogP contribution in [0.1, 0.15) is 18.5 Å². The molecule has 0 spiro atoms. The highest BCUT2D eigenvalue weighted by atomic mass is 16.5. The van der Waals surface area contributed by atoms with E-state index in [9.17, 15) is 15.0 Å². The molecule has 0 bridgehead atoms. The third kappa shape index (κ3) is 4.31. The summed E-state index contributed by atoms with van der Waals surface area (Å²) in [6, 6.07) is 8.58. The van der Waals surface area contributed by atoms with Crippen LogP contribution in [0.25, 0.3) is 0 Å². The summed E-state index contributed by atoms with van der Waals surface area (Å²) < 4.78 is 4.77. The molecule has 1 atom stereocenters. The number of benzene rings is 1. The molecule has 0 aliphatic rings. The zero-order valence-electron chi connectivity index (χ0n) is 11.3. The monoisotopic (exact) mass is 267 g/mol. The van der Waals surface area contributed by atoms with E-state index in [1.165, 1.54) is 7.11 Å². The molecule has 1 aromatic carbocycles. The summed E-state index contributed by atoms with van der Waals surface area (Å²) >= 11 is 0. The molecule has 106 valence electrons. The number of carbonyl (C=O) groups excluding carboxylic acids is 1. The topological polar surface area (TPSA) is 78.8 Å². The summed E-state index contributed by atoms with van der Waals surface area (Å²) in [7, 11) is 1.33. The molecule has 0 aliphatic heterocycles. The molecule has 1 unspecified atom stereocenters. The van der Waals surface area contributed by atoms with E-state index >= 15 is 0 Å². The lowest BCUT2D eigenvalue weighted by Gasteiger charge is -2.27. The number of rotatable bonds is 7. The quantitative estimate of drug-likeness (QED) is 0.626. The maximum absolute atomic E-state index is 11.8. The highest BCUT2D eigenvalue weighted by Gasteiger charge is 2.27. The number of carbonyl (C=O) groups is 1. The summed E-state index contributed by atoms with van der Waals surface area (Å²) in [5.41, 5.74) is 0.105. The first-order valence-corrected chi connectivity index (χ1v) is 6.14. The minimum atomic E-state index is -0.680. The van der Waals surface area contributed by atoms with Crippen molar-refractivity contribution in [2.24, 2.45) is 5.41 Å². The Bertz CT molecular complexity index is 390. The number of hydrogen-bond donors (Lipinski definition) is 3. The van der Waals surface area contributed by atoms with Crippen LogP contribution in [-0.4, -0.2) is 43.1 Å². The molecule has 1 aromatic rings. The van der Waals surface area contributed by atoms with Gasteiger partial charge in [-0.25, -0.2) is 4.79 Å². The fraction of sp³-hybridized carbons (Fsp3) is 0.500. The third-order valence-electron chi connectivity index (χ3n) is 3.07. The van der Waals surface area contributed by atoms with Crippen molar-refractivity contribution >= 4 is 5.97 Å². The van der Waals surface area contributed by atoms with Crippen molar-refractivity contribution in [3.05, 3.63) is 35.9 Å². The van der Waals surface area contributed by atoms with E-state index in [2.05, 4.69) is 5.32 Å². The normalized spacial score (nSPS) is 13.1. The second kappa shape index (κ2) is 7.23. The van der Waals surface area contributed by atoms with Crippen molar-refractivity contribution in [3.63, 3.8) is 0 Å². The molecule has 0 radical (unpaired) electrons. The molecule has 5 heteroatoms. The summed E-state index contributed by atoms with van der Waals surface area (Å²) in [4.78, 5) is 11.8. The van der Waals surface area contributed by atoms with E-state index in [-0.39, 0.29) is 13.2 Å². The smallest absolute Gasteiger partial charge is 0.327 e. The van der Waals surface area contributed by atoms with E-state index in [0.29, 0.717) is 6.54 Å². The summed E-state index contributed by atoms with van der Waals surface area (Å²) in [5.74, 6) is -0.399. The van der Waals surface area contributed by atoms with Gasteiger partial charge in [-0.2, -0.15) is 0 Å². The Hall–Kier alpha value is -1.43. The second-order valence-corrected chi connectivity index (χ2v) is 4.87. The summed E-state index contributed by atoms with van der Waals surface area (Å²) in [6.07, 6.45) is 0. The highest BCUT2D eigenvalue weighted by molar-refractivity contribution is 5.77. The van der Waals surface area contributed by atoms with Crippen molar-refractivity contribution in [1.29, 1.82) is 0 Å². The van der Waals surface area contributed by atoms with Crippen LogP contribution in [0.4, 0.5) is 0 Å². The first-order valence-electron chi connectivity index (χ1n) is 6.14. The number of hydrogen-bond acceptors (Lipinski definition) is 5. The zero-order valence-corrected chi connectivity index (χ0v) is 11.3. The average molecular weight is 267 g/mol. The molecule has 3 N–H and O–H groups in total. The van der Waals surface area contributed by atoms with Crippen LogP contribution in [0.2, 0.25) is 0 Å². The van der Waals surface area contributed by atoms with E-state index < -0.39 is 17.4 Å². The van der Waals surface area contributed by atoms with Gasteiger partial charge in [0, 0.05) is 12.0 Å². The predicted octanol–water partition coefficient (Wildman–Crippen LogP) is 0.481. The molecule has 1 rings (SSSR count). The van der Waals surface area contributed by atoms with Crippen molar-refractivity contribution in [2.45, 2.75) is 13.0 Å². The van der Waals surface area contributed by atoms with Crippen molar-refractivity contribution in [1.82, 2.24) is 5.32 Å². The average Bonchev–Trinajstić information content (AvgIpc) is 2.48. The van der Waals surface area contributed by atoms with Gasteiger partial charge in [-0.05, 0) is 5.56 Å². The van der Waals surface area contributed by atoms with Crippen LogP contribution in [0, 0.1) is 5.41 Å². The highest BCUT2D eigenvalue weighted by Crippen LogP contribution is 2.18. The van der Waals surface area contributed by atoms with E-state index in [4.69, 9.17) is 4.74 Å². The molecule has 0 fully saturated rings. The molecule has 0 saturated carbocycles. The van der Waals surface area contributed by atoms with Gasteiger partial charge in [-0.15, -0.1) is 0 Å². The number of ether oxygens (including phenoxy) is 1. The van der Waals surface area contributed by atoms with Crippen molar-refractivity contribution in [3.8, 4) is 0 Å². The van der Waals surface area contributed by atoms with E-state index in [1.54, 1.807) is 6.92 Å². The van der Waals surface area contributed by atoms with Crippen LogP contribution >= 0.6 is 0 Å². The van der Waals surface area contributed by atoms with Crippen LogP contribution < -0.4 is 5.32 Å². The van der Waals surface area contributed by atoms with Gasteiger partial charge in [0.2, 0.25) is 0 Å². The zero-order chi connectivity index (χ0) is 14.3. The first kappa shape index (κ1) is 15.6. The standard InChI is InChI=1S/C14H21NO4/c1-14(9-16,10-17)8-15-12(13(18)19-2)11-6-4-3-5-7-11/h3-7,12,15-17H,8-10H2,1-2H3. The molecule has 5 nitrogen and oxygen atoms in total. The van der Waals surface area contributed by atoms with Gasteiger partial charge < -0.3 is 14.9 Å². The Morgan fingerprint density at radius 1 is 1.32 bits per heavy atom. The van der Waals surface area contributed by atoms with Crippen molar-refractivity contribution < 1.29 is 19.7 Å². The molecule has 19 heavy (non-hydrogen) atoms. The maximum Gasteiger partial charge on any atom is 0.327 e. The van der Waals surface area contributed by atoms with E-state index in [0.717, 1.165) is 5.56 Å². The summed E-state index contributed by atoms with van der Waals surface area (Å²) in [5, 5.41) is 21.5. The van der Waals surface area contributed by atoms with Gasteiger partial charge in [-0.1, -0.05) is 37.3 Å². The molecular formula is C14H21NO4. The van der Waals surface area contributed by atoms with Gasteiger partial charge in [-0.3, -0.25) is 5.32 Å². The lowest BCUT2D eigenvalue weighted by molar-refractivity contribution is -0.143. The van der Waals surface area contributed by atoms with Gasteiger partial charge in [0.05, 0.1) is 20.3 Å².